The Labute approximate surface area is 101 Å². The van der Waals surface area contributed by atoms with Crippen LogP contribution in [0.1, 0.15) is 42.1 Å². The fraction of sp³-hybridized carbons (Fsp3) is 0.357. The molecule has 0 aliphatic carbocycles. The average Bonchev–Trinajstić information content (AvgIpc) is 2.35. The monoisotopic (exact) mass is 226 g/mol. The van der Waals surface area contributed by atoms with Gasteiger partial charge in [-0.15, -0.1) is 0 Å². The molecule has 0 bridgehead atoms. The SMILES string of the molecule is CC(C)c1ccc(C(=O)CC(C#N)C#N)cc1. The maximum atomic E-state index is 11.8. The Balaban J connectivity index is 2.78. The molecule has 0 radical (unpaired) electrons. The lowest BCUT2D eigenvalue weighted by Crippen LogP contribution is -2.05. The van der Waals surface area contributed by atoms with E-state index < -0.39 is 5.92 Å². The van der Waals surface area contributed by atoms with Crippen molar-refractivity contribution in [1.29, 1.82) is 10.5 Å². The topological polar surface area (TPSA) is 64.7 Å². The van der Waals surface area contributed by atoms with Gasteiger partial charge in [0.25, 0.3) is 0 Å². The minimum absolute atomic E-state index is 0.0337. The number of Topliss-reactive ketones (excluding diaryl/α,β-unsaturated/α-hetero) is 1. The predicted molar refractivity (Wildman–Crippen MR) is 64.2 cm³/mol. The Kier molecular flexibility index (Phi) is 4.43. The van der Waals surface area contributed by atoms with Crippen LogP contribution in [0.4, 0.5) is 0 Å². The first-order valence-electron chi connectivity index (χ1n) is 5.51. The molecule has 1 aromatic rings. The highest BCUT2D eigenvalue weighted by molar-refractivity contribution is 5.96. The second kappa shape index (κ2) is 5.82. The third-order valence-corrected chi connectivity index (χ3v) is 2.60. The molecule has 0 amide bonds. The summed E-state index contributed by atoms with van der Waals surface area (Å²) in [4.78, 5) is 11.8. The van der Waals surface area contributed by atoms with E-state index in [-0.39, 0.29) is 12.2 Å². The first-order chi connectivity index (χ1) is 8.08. The van der Waals surface area contributed by atoms with Crippen molar-refractivity contribution in [3.05, 3.63) is 35.4 Å². The van der Waals surface area contributed by atoms with E-state index in [2.05, 4.69) is 13.8 Å². The van der Waals surface area contributed by atoms with Crippen LogP contribution >= 0.6 is 0 Å². The lowest BCUT2D eigenvalue weighted by atomic mass is 9.97. The third kappa shape index (κ3) is 3.43. The van der Waals surface area contributed by atoms with Gasteiger partial charge in [-0.25, -0.2) is 0 Å². The highest BCUT2D eigenvalue weighted by Crippen LogP contribution is 2.16. The van der Waals surface area contributed by atoms with Crippen LogP contribution in [-0.4, -0.2) is 5.78 Å². The number of nitrogens with zero attached hydrogens (tertiary/aromatic N) is 2. The van der Waals surface area contributed by atoms with Crippen molar-refractivity contribution in [3.63, 3.8) is 0 Å². The molecule has 1 aromatic carbocycles. The summed E-state index contributed by atoms with van der Waals surface area (Å²) in [5.41, 5.74) is 1.73. The lowest BCUT2D eigenvalue weighted by molar-refractivity contribution is 0.0976. The molecule has 3 nitrogen and oxygen atoms in total. The number of nitriles is 2. The summed E-state index contributed by atoms with van der Waals surface area (Å²) in [5, 5.41) is 17.2. The van der Waals surface area contributed by atoms with Gasteiger partial charge >= 0.3 is 0 Å². The van der Waals surface area contributed by atoms with Crippen LogP contribution in [0, 0.1) is 28.6 Å². The summed E-state index contributed by atoms with van der Waals surface area (Å²) in [6, 6.07) is 10.9. The van der Waals surface area contributed by atoms with Crippen molar-refractivity contribution in [1.82, 2.24) is 0 Å². The van der Waals surface area contributed by atoms with E-state index in [1.165, 1.54) is 5.56 Å². The molecule has 0 atom stereocenters. The zero-order valence-electron chi connectivity index (χ0n) is 9.97. The maximum Gasteiger partial charge on any atom is 0.165 e. The van der Waals surface area contributed by atoms with E-state index in [1.807, 2.05) is 12.1 Å². The molecule has 86 valence electrons. The number of carbonyl (C=O) groups excluding carboxylic acids is 1. The van der Waals surface area contributed by atoms with Gasteiger partial charge in [0.2, 0.25) is 0 Å². The molecule has 0 heterocycles. The molecular formula is C14H14N2O. The first-order valence-corrected chi connectivity index (χ1v) is 5.51. The van der Waals surface area contributed by atoms with Crippen LogP contribution in [0.3, 0.4) is 0 Å². The van der Waals surface area contributed by atoms with Crippen LogP contribution in [-0.2, 0) is 0 Å². The Morgan fingerprint density at radius 3 is 2.12 bits per heavy atom. The maximum absolute atomic E-state index is 11.8. The minimum atomic E-state index is -0.854. The quantitative estimate of drug-likeness (QED) is 0.741. The van der Waals surface area contributed by atoms with Crippen LogP contribution in [0.15, 0.2) is 24.3 Å². The number of rotatable bonds is 4. The smallest absolute Gasteiger partial charge is 0.165 e. The van der Waals surface area contributed by atoms with Crippen molar-refractivity contribution in [2.75, 3.05) is 0 Å². The van der Waals surface area contributed by atoms with Gasteiger partial charge in [0.15, 0.2) is 5.78 Å². The minimum Gasteiger partial charge on any atom is -0.294 e. The number of carbonyl (C=O) groups is 1. The van der Waals surface area contributed by atoms with Crippen molar-refractivity contribution < 1.29 is 4.79 Å². The van der Waals surface area contributed by atoms with E-state index in [0.29, 0.717) is 11.5 Å². The van der Waals surface area contributed by atoms with Gasteiger partial charge in [0, 0.05) is 12.0 Å². The number of ketones is 1. The molecule has 0 saturated heterocycles. The van der Waals surface area contributed by atoms with Gasteiger partial charge in [0.1, 0.15) is 5.92 Å². The normalized spacial score (nSPS) is 10.0. The zero-order chi connectivity index (χ0) is 12.8. The van der Waals surface area contributed by atoms with E-state index in [0.717, 1.165) is 0 Å². The summed E-state index contributed by atoms with van der Waals surface area (Å²) in [5.74, 6) is -0.592. The van der Waals surface area contributed by atoms with Gasteiger partial charge < -0.3 is 0 Å². The van der Waals surface area contributed by atoms with Crippen molar-refractivity contribution in [2.45, 2.75) is 26.2 Å². The molecule has 0 aliphatic heterocycles. The summed E-state index contributed by atoms with van der Waals surface area (Å²) in [6.45, 7) is 4.16. The Bertz CT molecular complexity index is 460. The molecule has 17 heavy (non-hydrogen) atoms. The van der Waals surface area contributed by atoms with Crippen molar-refractivity contribution in [3.8, 4) is 12.1 Å². The molecule has 0 N–H and O–H groups in total. The molecule has 3 heteroatoms. The van der Waals surface area contributed by atoms with E-state index in [1.54, 1.807) is 24.3 Å². The van der Waals surface area contributed by atoms with Crippen LogP contribution < -0.4 is 0 Å². The van der Waals surface area contributed by atoms with Gasteiger partial charge in [-0.3, -0.25) is 4.79 Å². The lowest BCUT2D eigenvalue weighted by Gasteiger charge is -2.06. The molecular weight excluding hydrogens is 212 g/mol. The summed E-state index contributed by atoms with van der Waals surface area (Å²) in [6.07, 6.45) is -0.0337. The first kappa shape index (κ1) is 12.9. The van der Waals surface area contributed by atoms with Gasteiger partial charge in [-0.2, -0.15) is 10.5 Å². The van der Waals surface area contributed by atoms with E-state index in [9.17, 15) is 4.79 Å². The van der Waals surface area contributed by atoms with Gasteiger partial charge in [-0.1, -0.05) is 38.1 Å². The molecule has 0 fully saturated rings. The molecule has 0 aliphatic rings. The largest absolute Gasteiger partial charge is 0.294 e. The third-order valence-electron chi connectivity index (χ3n) is 2.60. The summed E-state index contributed by atoms with van der Waals surface area (Å²) < 4.78 is 0. The zero-order valence-corrected chi connectivity index (χ0v) is 9.97. The van der Waals surface area contributed by atoms with Crippen LogP contribution in [0.2, 0.25) is 0 Å². The molecule has 0 spiro atoms. The van der Waals surface area contributed by atoms with Gasteiger partial charge in [0.05, 0.1) is 12.1 Å². The average molecular weight is 226 g/mol. The van der Waals surface area contributed by atoms with E-state index >= 15 is 0 Å². The van der Waals surface area contributed by atoms with Crippen molar-refractivity contribution in [2.24, 2.45) is 5.92 Å². The summed E-state index contributed by atoms with van der Waals surface area (Å²) in [7, 11) is 0. The van der Waals surface area contributed by atoms with Crippen LogP contribution in [0.25, 0.3) is 0 Å². The molecule has 0 saturated carbocycles. The number of hydrogen-bond acceptors (Lipinski definition) is 3. The number of benzene rings is 1. The molecule has 1 rings (SSSR count). The second-order valence-corrected chi connectivity index (χ2v) is 4.21. The molecule has 0 aromatic heterocycles. The summed E-state index contributed by atoms with van der Waals surface area (Å²) >= 11 is 0. The predicted octanol–water partition coefficient (Wildman–Crippen LogP) is 3.05. The highest BCUT2D eigenvalue weighted by Gasteiger charge is 2.14. The standard InChI is InChI=1S/C14H14N2O/c1-10(2)12-3-5-13(6-4-12)14(17)7-11(8-15)9-16/h3-6,10-11H,7H2,1-2H3. The Hall–Kier alpha value is -2.13. The van der Waals surface area contributed by atoms with Crippen molar-refractivity contribution >= 4 is 5.78 Å². The fourth-order valence-electron chi connectivity index (χ4n) is 1.48. The molecule has 0 unspecified atom stereocenters. The van der Waals surface area contributed by atoms with Gasteiger partial charge in [-0.05, 0) is 11.5 Å². The highest BCUT2D eigenvalue weighted by atomic mass is 16.1. The Morgan fingerprint density at radius 2 is 1.71 bits per heavy atom. The fourth-order valence-corrected chi connectivity index (χ4v) is 1.48. The van der Waals surface area contributed by atoms with Crippen LogP contribution in [0.5, 0.6) is 0 Å². The number of hydrogen-bond donors (Lipinski definition) is 0. The van der Waals surface area contributed by atoms with E-state index in [4.69, 9.17) is 10.5 Å². The Morgan fingerprint density at radius 1 is 1.18 bits per heavy atom. The second-order valence-electron chi connectivity index (χ2n) is 4.21.